The van der Waals surface area contributed by atoms with Gasteiger partial charge in [-0.1, -0.05) is 0 Å². The number of aromatic nitrogens is 1. The first-order valence-electron chi connectivity index (χ1n) is 6.35. The lowest BCUT2D eigenvalue weighted by molar-refractivity contribution is -0.105. The fourth-order valence-electron chi connectivity index (χ4n) is 2.02. The highest BCUT2D eigenvalue weighted by molar-refractivity contribution is 7.62. The molecule has 0 unspecified atom stereocenters. The van der Waals surface area contributed by atoms with Crippen LogP contribution < -0.4 is 10.6 Å². The van der Waals surface area contributed by atoms with Crippen LogP contribution >= 0.6 is 7.60 Å². The molecule has 0 aliphatic carbocycles. The smallest absolute Gasteiger partial charge is 0.361 e. The van der Waals surface area contributed by atoms with Crippen LogP contribution in [0, 0.1) is 0 Å². The molecule has 1 heterocycles. The van der Waals surface area contributed by atoms with Crippen LogP contribution in [0.1, 0.15) is 13.8 Å². The van der Waals surface area contributed by atoms with Gasteiger partial charge in [-0.25, -0.2) is 0 Å². The number of H-pyrrole nitrogens is 1. The number of carbonyl (C=O) groups is 1. The molecule has 0 atom stereocenters. The number of aromatic amines is 1. The summed E-state index contributed by atoms with van der Waals surface area (Å²) in [4.78, 5) is 13.7. The van der Waals surface area contributed by atoms with E-state index in [1.807, 2.05) is 6.07 Å². The van der Waals surface area contributed by atoms with Crippen LogP contribution in [0.3, 0.4) is 0 Å². The first-order chi connectivity index (χ1) is 9.64. The summed E-state index contributed by atoms with van der Waals surface area (Å²) >= 11 is 0. The normalized spacial score (nSPS) is 11.7. The van der Waals surface area contributed by atoms with E-state index in [1.165, 1.54) is 0 Å². The van der Waals surface area contributed by atoms with Gasteiger partial charge in [-0.3, -0.25) is 9.36 Å². The number of carbonyl (C=O) groups excluding carboxylic acids is 1. The molecule has 108 valence electrons. The van der Waals surface area contributed by atoms with Crippen molar-refractivity contribution in [2.75, 3.05) is 18.5 Å². The van der Waals surface area contributed by atoms with E-state index in [4.69, 9.17) is 9.05 Å². The van der Waals surface area contributed by atoms with Gasteiger partial charge in [0.2, 0.25) is 6.41 Å². The molecule has 1 aromatic carbocycles. The Labute approximate surface area is 117 Å². The summed E-state index contributed by atoms with van der Waals surface area (Å²) in [5.41, 5.74) is 1.32. The molecule has 0 spiro atoms. The fourth-order valence-corrected chi connectivity index (χ4v) is 3.65. The molecule has 6 nitrogen and oxygen atoms in total. The monoisotopic (exact) mass is 296 g/mol. The highest BCUT2D eigenvalue weighted by Gasteiger charge is 2.28. The quantitative estimate of drug-likeness (QED) is 0.608. The number of hydrogen-bond acceptors (Lipinski definition) is 4. The number of anilines is 1. The van der Waals surface area contributed by atoms with E-state index < -0.39 is 7.60 Å². The van der Waals surface area contributed by atoms with E-state index in [0.717, 1.165) is 10.9 Å². The van der Waals surface area contributed by atoms with Gasteiger partial charge >= 0.3 is 7.60 Å². The van der Waals surface area contributed by atoms with Crippen molar-refractivity contribution in [3.05, 3.63) is 24.4 Å². The molecule has 1 amide bonds. The summed E-state index contributed by atoms with van der Waals surface area (Å²) in [6.07, 6.45) is 2.33. The van der Waals surface area contributed by atoms with Crippen molar-refractivity contribution < 1.29 is 18.4 Å². The molecule has 0 bridgehead atoms. The van der Waals surface area contributed by atoms with E-state index in [2.05, 4.69) is 10.3 Å². The van der Waals surface area contributed by atoms with Gasteiger partial charge in [0.25, 0.3) is 0 Å². The number of amides is 1. The summed E-state index contributed by atoms with van der Waals surface area (Å²) in [5, 5.41) is 3.85. The van der Waals surface area contributed by atoms with Gasteiger partial charge in [-0.2, -0.15) is 0 Å². The van der Waals surface area contributed by atoms with Crippen molar-refractivity contribution in [3.63, 3.8) is 0 Å². The predicted octanol–water partition coefficient (Wildman–Crippen LogP) is 2.63. The zero-order valence-corrected chi connectivity index (χ0v) is 12.3. The largest absolute Gasteiger partial charge is 0.361 e. The fraction of sp³-hybridized carbons (Fsp3) is 0.308. The van der Waals surface area contributed by atoms with Crippen LogP contribution in [0.2, 0.25) is 0 Å². The van der Waals surface area contributed by atoms with Gasteiger partial charge in [0.1, 0.15) is 0 Å². The Balaban J connectivity index is 2.57. The number of fused-ring (bicyclic) bond motifs is 1. The summed E-state index contributed by atoms with van der Waals surface area (Å²) in [6, 6.07) is 5.17. The number of rotatable bonds is 7. The average molecular weight is 296 g/mol. The summed E-state index contributed by atoms with van der Waals surface area (Å²) in [5.74, 6) is 0. The van der Waals surface area contributed by atoms with Gasteiger partial charge in [0, 0.05) is 17.1 Å². The molecule has 7 heteroatoms. The van der Waals surface area contributed by atoms with E-state index in [0.29, 0.717) is 17.4 Å². The Morgan fingerprint density at radius 2 is 2.00 bits per heavy atom. The Bertz CT molecular complexity index is 643. The number of benzene rings is 1. The zero-order valence-electron chi connectivity index (χ0n) is 11.4. The standard InChI is InChI=1S/C13H17N2O4P/c1-3-18-20(17,19-4-2)10-7-12-11(5-6-14-12)13(8-10)15-9-16/h5-9,14H,3-4H2,1-2H3,(H,15,16). The highest BCUT2D eigenvalue weighted by atomic mass is 31.2. The second-order valence-corrected chi connectivity index (χ2v) is 6.06. The predicted molar refractivity (Wildman–Crippen MR) is 78.5 cm³/mol. The van der Waals surface area contributed by atoms with Gasteiger partial charge < -0.3 is 19.3 Å². The Kier molecular flexibility index (Phi) is 4.60. The van der Waals surface area contributed by atoms with Gasteiger partial charge in [0.15, 0.2) is 0 Å². The molecular weight excluding hydrogens is 279 g/mol. The third-order valence-electron chi connectivity index (χ3n) is 2.78. The summed E-state index contributed by atoms with van der Waals surface area (Å²) in [6.45, 7) is 4.06. The minimum Gasteiger partial charge on any atom is -0.361 e. The third kappa shape index (κ3) is 2.77. The van der Waals surface area contributed by atoms with Crippen LogP contribution in [0.25, 0.3) is 10.9 Å². The third-order valence-corrected chi connectivity index (χ3v) is 4.87. The molecule has 0 aliphatic rings. The van der Waals surface area contributed by atoms with Gasteiger partial charge in [-0.15, -0.1) is 0 Å². The van der Waals surface area contributed by atoms with Crippen molar-refractivity contribution in [1.29, 1.82) is 0 Å². The van der Waals surface area contributed by atoms with Crippen LogP contribution in [0.4, 0.5) is 5.69 Å². The molecule has 0 saturated heterocycles. The van der Waals surface area contributed by atoms with Crippen molar-refractivity contribution in [2.24, 2.45) is 0 Å². The molecule has 2 rings (SSSR count). The number of hydrogen-bond donors (Lipinski definition) is 2. The van der Waals surface area contributed by atoms with Gasteiger partial charge in [-0.05, 0) is 32.0 Å². The number of nitrogens with one attached hydrogen (secondary N) is 2. The minimum absolute atomic E-state index is 0.274. The second kappa shape index (κ2) is 6.22. The van der Waals surface area contributed by atoms with Crippen molar-refractivity contribution in [2.45, 2.75) is 13.8 Å². The van der Waals surface area contributed by atoms with E-state index in [9.17, 15) is 9.36 Å². The highest BCUT2D eigenvalue weighted by Crippen LogP contribution is 2.47. The molecule has 1 aromatic heterocycles. The SMILES string of the molecule is CCOP(=O)(OCC)c1cc(NC=O)c2cc[nH]c2c1. The lowest BCUT2D eigenvalue weighted by Gasteiger charge is -2.18. The Morgan fingerprint density at radius 1 is 1.30 bits per heavy atom. The topological polar surface area (TPSA) is 80.4 Å². The molecule has 20 heavy (non-hydrogen) atoms. The zero-order chi connectivity index (χ0) is 14.6. The van der Waals surface area contributed by atoms with Crippen molar-refractivity contribution in [1.82, 2.24) is 4.98 Å². The maximum Gasteiger partial charge on any atom is 0.361 e. The summed E-state index contributed by atoms with van der Waals surface area (Å²) < 4.78 is 23.4. The maximum atomic E-state index is 12.8. The lowest BCUT2D eigenvalue weighted by Crippen LogP contribution is -2.12. The Morgan fingerprint density at radius 3 is 2.60 bits per heavy atom. The molecule has 0 radical (unpaired) electrons. The second-order valence-electron chi connectivity index (χ2n) is 4.03. The minimum atomic E-state index is -3.38. The van der Waals surface area contributed by atoms with E-state index in [-0.39, 0.29) is 13.2 Å². The lowest BCUT2D eigenvalue weighted by atomic mass is 10.2. The van der Waals surface area contributed by atoms with Crippen LogP contribution in [-0.2, 0) is 18.4 Å². The maximum absolute atomic E-state index is 12.8. The average Bonchev–Trinajstić information content (AvgIpc) is 2.88. The first kappa shape index (κ1) is 14.8. The molecule has 2 N–H and O–H groups in total. The molecule has 2 aromatic rings. The van der Waals surface area contributed by atoms with Gasteiger partial charge in [0.05, 0.1) is 24.2 Å². The molecule has 0 aliphatic heterocycles. The van der Waals surface area contributed by atoms with E-state index >= 15 is 0 Å². The van der Waals surface area contributed by atoms with Crippen molar-refractivity contribution >= 4 is 35.9 Å². The summed E-state index contributed by atoms with van der Waals surface area (Å²) in [7, 11) is -3.38. The van der Waals surface area contributed by atoms with Crippen LogP contribution in [0.5, 0.6) is 0 Å². The molecule has 0 saturated carbocycles. The molecular formula is C13H17N2O4P. The van der Waals surface area contributed by atoms with Crippen molar-refractivity contribution in [3.8, 4) is 0 Å². The molecule has 0 fully saturated rings. The Hall–Kier alpha value is -1.62. The van der Waals surface area contributed by atoms with Crippen LogP contribution in [0.15, 0.2) is 24.4 Å². The first-order valence-corrected chi connectivity index (χ1v) is 7.90. The van der Waals surface area contributed by atoms with Crippen LogP contribution in [-0.4, -0.2) is 24.6 Å². The van der Waals surface area contributed by atoms with E-state index in [1.54, 1.807) is 32.2 Å².